The highest BCUT2D eigenvalue weighted by Gasteiger charge is 2.17. The SMILES string of the molecule is C=C.C=C(N)NCCCC(C=O)NC(=O)C(C)Cc1ccc(O)cc1.CC.CCCCC. The number of benzene rings is 1. The second-order valence-corrected chi connectivity index (χ2v) is 6.97. The van der Waals surface area contributed by atoms with Gasteiger partial charge >= 0.3 is 0 Å². The fourth-order valence-corrected chi connectivity index (χ4v) is 2.50. The maximum atomic E-state index is 12.2. The number of phenolic OH excluding ortho intramolecular Hbond substituents is 1. The van der Waals surface area contributed by atoms with Gasteiger partial charge in [-0.1, -0.05) is 72.6 Å². The average molecular weight is 450 g/mol. The van der Waals surface area contributed by atoms with Crippen LogP contribution in [0.3, 0.4) is 0 Å². The van der Waals surface area contributed by atoms with Crippen molar-refractivity contribution in [2.75, 3.05) is 6.54 Å². The summed E-state index contributed by atoms with van der Waals surface area (Å²) >= 11 is 0. The van der Waals surface area contributed by atoms with Crippen LogP contribution in [-0.4, -0.2) is 29.9 Å². The van der Waals surface area contributed by atoms with Crippen LogP contribution in [0.1, 0.15) is 72.3 Å². The van der Waals surface area contributed by atoms with Crippen LogP contribution in [0.15, 0.2) is 49.8 Å². The van der Waals surface area contributed by atoms with Crippen LogP contribution in [-0.2, 0) is 16.0 Å². The zero-order chi connectivity index (χ0) is 25.4. The minimum absolute atomic E-state index is 0.161. The van der Waals surface area contributed by atoms with E-state index >= 15 is 0 Å². The van der Waals surface area contributed by atoms with E-state index in [1.54, 1.807) is 24.3 Å². The molecule has 2 atom stereocenters. The van der Waals surface area contributed by atoms with Crippen molar-refractivity contribution in [3.05, 3.63) is 55.4 Å². The molecule has 1 rings (SSSR count). The highest BCUT2D eigenvalue weighted by molar-refractivity contribution is 5.81. The summed E-state index contributed by atoms with van der Waals surface area (Å²) < 4.78 is 0. The van der Waals surface area contributed by atoms with E-state index in [2.05, 4.69) is 44.2 Å². The molecule has 5 N–H and O–H groups in total. The lowest BCUT2D eigenvalue weighted by molar-refractivity contribution is -0.127. The smallest absolute Gasteiger partial charge is 0.223 e. The third-order valence-electron chi connectivity index (χ3n) is 4.17. The molecule has 0 spiro atoms. The molecule has 184 valence electrons. The third-order valence-corrected chi connectivity index (χ3v) is 4.17. The summed E-state index contributed by atoms with van der Waals surface area (Å²) in [7, 11) is 0. The van der Waals surface area contributed by atoms with E-state index in [1.165, 1.54) is 19.3 Å². The lowest BCUT2D eigenvalue weighted by Gasteiger charge is -2.17. The second-order valence-electron chi connectivity index (χ2n) is 6.97. The standard InChI is InChI=1S/C17H25N3O3.C5H12.C2H6.C2H4/c1-12(10-14-5-7-16(22)8-6-14)17(23)20-15(11-21)4-3-9-19-13(2)18;1-3-5-4-2;2*1-2/h5-8,11-12,15,19,22H,2-4,9-10,18H2,1H3,(H,20,23);3-5H2,1-2H3;1-2H3;1-2H2. The molecular weight excluding hydrogens is 402 g/mol. The molecule has 0 heterocycles. The summed E-state index contributed by atoms with van der Waals surface area (Å²) in [5.74, 6) is 0.162. The molecule has 1 aromatic carbocycles. The van der Waals surface area contributed by atoms with E-state index in [0.29, 0.717) is 31.6 Å². The molecule has 1 amide bonds. The van der Waals surface area contributed by atoms with Gasteiger partial charge in [-0.2, -0.15) is 0 Å². The highest BCUT2D eigenvalue weighted by Crippen LogP contribution is 2.14. The zero-order valence-electron chi connectivity index (χ0n) is 21.0. The number of rotatable bonds is 12. The molecule has 0 bridgehead atoms. The Labute approximate surface area is 196 Å². The molecule has 0 radical (unpaired) electrons. The van der Waals surface area contributed by atoms with E-state index < -0.39 is 6.04 Å². The Bertz CT molecular complexity index is 586. The van der Waals surface area contributed by atoms with Crippen LogP contribution in [0.4, 0.5) is 0 Å². The molecule has 32 heavy (non-hydrogen) atoms. The van der Waals surface area contributed by atoms with Gasteiger partial charge in [0.05, 0.1) is 11.9 Å². The van der Waals surface area contributed by atoms with Crippen molar-refractivity contribution >= 4 is 12.2 Å². The van der Waals surface area contributed by atoms with Crippen molar-refractivity contribution in [1.82, 2.24) is 10.6 Å². The number of hydrogen-bond donors (Lipinski definition) is 4. The molecule has 2 unspecified atom stereocenters. The second kappa shape index (κ2) is 24.5. The van der Waals surface area contributed by atoms with E-state index in [4.69, 9.17) is 5.73 Å². The number of phenols is 1. The Morgan fingerprint density at radius 1 is 1.12 bits per heavy atom. The van der Waals surface area contributed by atoms with Crippen LogP contribution < -0.4 is 16.4 Å². The fraction of sp³-hybridized carbons (Fsp3) is 0.538. The summed E-state index contributed by atoms with van der Waals surface area (Å²) in [6.07, 6.45) is 6.62. The van der Waals surface area contributed by atoms with Crippen LogP contribution in [0, 0.1) is 5.92 Å². The Kier molecular flexibility index (Phi) is 25.9. The summed E-state index contributed by atoms with van der Waals surface area (Å²) in [6, 6.07) is 6.24. The van der Waals surface area contributed by atoms with Gasteiger partial charge in [-0.05, 0) is 37.0 Å². The summed E-state index contributed by atoms with van der Waals surface area (Å²) in [4.78, 5) is 23.2. The monoisotopic (exact) mass is 449 g/mol. The molecule has 0 aliphatic carbocycles. The van der Waals surface area contributed by atoms with Crippen LogP contribution in [0.25, 0.3) is 0 Å². The first-order chi connectivity index (χ1) is 15.3. The largest absolute Gasteiger partial charge is 0.508 e. The molecule has 1 aromatic rings. The number of hydrogen-bond acceptors (Lipinski definition) is 5. The molecule has 0 saturated heterocycles. The predicted octanol–water partition coefficient (Wildman–Crippen LogP) is 5.08. The van der Waals surface area contributed by atoms with E-state index in [0.717, 1.165) is 11.8 Å². The molecule has 0 aliphatic heterocycles. The van der Waals surface area contributed by atoms with Crippen molar-refractivity contribution < 1.29 is 14.7 Å². The zero-order valence-corrected chi connectivity index (χ0v) is 21.0. The summed E-state index contributed by atoms with van der Waals surface area (Å²) in [6.45, 7) is 20.4. The number of aromatic hydroxyl groups is 1. The van der Waals surface area contributed by atoms with Gasteiger partial charge in [0.15, 0.2) is 0 Å². The quantitative estimate of drug-likeness (QED) is 0.202. The highest BCUT2D eigenvalue weighted by atomic mass is 16.3. The summed E-state index contributed by atoms with van der Waals surface area (Å²) in [5.41, 5.74) is 6.34. The van der Waals surface area contributed by atoms with Crippen molar-refractivity contribution in [3.63, 3.8) is 0 Å². The van der Waals surface area contributed by atoms with Gasteiger partial charge in [0.25, 0.3) is 0 Å². The number of nitrogens with two attached hydrogens (primary N) is 1. The van der Waals surface area contributed by atoms with Gasteiger partial charge in [-0.25, -0.2) is 0 Å². The lowest BCUT2D eigenvalue weighted by Crippen LogP contribution is -2.40. The van der Waals surface area contributed by atoms with Crippen molar-refractivity contribution in [2.45, 2.75) is 79.2 Å². The molecule has 0 fully saturated rings. The Morgan fingerprint density at radius 3 is 2.06 bits per heavy atom. The molecule has 0 saturated carbocycles. The van der Waals surface area contributed by atoms with Gasteiger partial charge in [-0.15, -0.1) is 13.2 Å². The number of unbranched alkanes of at least 4 members (excludes halogenated alkanes) is 2. The van der Waals surface area contributed by atoms with Crippen molar-refractivity contribution in [2.24, 2.45) is 11.7 Å². The molecular formula is C26H47N3O3. The number of carbonyl (C=O) groups is 2. The van der Waals surface area contributed by atoms with Crippen molar-refractivity contribution in [3.8, 4) is 5.75 Å². The predicted molar refractivity (Wildman–Crippen MR) is 137 cm³/mol. The Hall–Kier alpha value is -2.76. The first-order valence-corrected chi connectivity index (χ1v) is 11.6. The van der Waals surface area contributed by atoms with Gasteiger partial charge in [0.1, 0.15) is 12.0 Å². The van der Waals surface area contributed by atoms with Crippen LogP contribution in [0.5, 0.6) is 5.75 Å². The van der Waals surface area contributed by atoms with Crippen LogP contribution >= 0.6 is 0 Å². The fourth-order valence-electron chi connectivity index (χ4n) is 2.50. The van der Waals surface area contributed by atoms with Gasteiger partial charge < -0.3 is 26.3 Å². The Balaban J connectivity index is -0.000000803. The maximum absolute atomic E-state index is 12.2. The molecule has 0 aliphatic rings. The maximum Gasteiger partial charge on any atom is 0.223 e. The number of carbonyl (C=O) groups excluding carboxylic acids is 2. The lowest BCUT2D eigenvalue weighted by atomic mass is 9.99. The van der Waals surface area contributed by atoms with E-state index in [1.807, 2.05) is 20.8 Å². The van der Waals surface area contributed by atoms with Gasteiger partial charge in [-0.3, -0.25) is 4.79 Å². The number of aldehydes is 1. The first kappa shape index (κ1) is 33.9. The normalized spacial score (nSPS) is 10.9. The summed E-state index contributed by atoms with van der Waals surface area (Å²) in [5, 5.41) is 14.9. The molecule has 6 nitrogen and oxygen atoms in total. The third kappa shape index (κ3) is 20.5. The molecule has 0 aromatic heterocycles. The molecule has 6 heteroatoms. The van der Waals surface area contributed by atoms with Gasteiger partial charge in [0, 0.05) is 12.5 Å². The van der Waals surface area contributed by atoms with Crippen molar-refractivity contribution in [1.29, 1.82) is 0 Å². The van der Waals surface area contributed by atoms with E-state index in [9.17, 15) is 14.7 Å². The average Bonchev–Trinajstić information content (AvgIpc) is 2.80. The number of nitrogens with one attached hydrogen (secondary N) is 2. The minimum Gasteiger partial charge on any atom is -0.508 e. The van der Waals surface area contributed by atoms with E-state index in [-0.39, 0.29) is 17.6 Å². The van der Waals surface area contributed by atoms with Crippen LogP contribution in [0.2, 0.25) is 0 Å². The topological polar surface area (TPSA) is 104 Å². The van der Waals surface area contributed by atoms with Gasteiger partial charge in [0.2, 0.25) is 5.91 Å². The number of amides is 1. The first-order valence-electron chi connectivity index (χ1n) is 11.6. The Morgan fingerprint density at radius 2 is 1.66 bits per heavy atom. The minimum atomic E-state index is -0.502.